The molecule has 0 aromatic heterocycles. The first-order valence-electron chi connectivity index (χ1n) is 1.48. The van der Waals surface area contributed by atoms with Gasteiger partial charge in [-0.15, -0.1) is 0 Å². The Morgan fingerprint density at radius 3 is 0.700 bits per heavy atom. The Morgan fingerprint density at radius 1 is 0.700 bits per heavy atom. The number of rotatable bonds is 0. The van der Waals surface area contributed by atoms with E-state index in [1.807, 2.05) is 0 Å². The summed E-state index contributed by atoms with van der Waals surface area (Å²) in [6, 6.07) is 0. The normalized spacial score (nSPS) is 2.40. The maximum Gasteiger partial charge on any atom is 0 e. The Balaban J connectivity index is -0.0000000257. The summed E-state index contributed by atoms with van der Waals surface area (Å²) in [5, 5.41) is 20.7. The topological polar surface area (TPSA) is 112 Å². The van der Waals surface area contributed by atoms with Crippen LogP contribution in [0.3, 0.4) is 0 Å². The van der Waals surface area contributed by atoms with Crippen molar-refractivity contribution >= 4 is 40.0 Å². The van der Waals surface area contributed by atoms with Gasteiger partial charge in [-0.2, -0.15) is 0 Å². The average Bonchev–Trinajstić information content (AvgIpc) is 1.70. The molecule has 0 unspecified atom stereocenters. The number of hydrogen-bond acceptors (Lipinski definition) is 3. The summed E-state index contributed by atoms with van der Waals surface area (Å²) in [6.45, 7) is 0. The van der Waals surface area contributed by atoms with Crippen LogP contribution < -0.4 is 0 Å². The van der Waals surface area contributed by atoms with Crippen LogP contribution in [0.2, 0.25) is 0 Å². The maximum atomic E-state index is 8.36. The van der Waals surface area contributed by atoms with Gasteiger partial charge in [-0.1, -0.05) is 0 Å². The molecule has 53 valence electrons. The smallest absolute Gasteiger partial charge is 0 e. The zero-order valence-electron chi connectivity index (χ0n) is 4.75. The molecule has 0 aromatic rings. The molecule has 0 aliphatic rings. The molecule has 3 radical (unpaired) electrons. The van der Waals surface area contributed by atoms with Gasteiger partial charge < -0.3 is 0 Å². The fourth-order valence-corrected chi connectivity index (χ4v) is 0. The fourth-order valence-electron chi connectivity index (χ4n) is 0. The van der Waals surface area contributed by atoms with Crippen LogP contribution in [0, 0.1) is 0 Å². The van der Waals surface area contributed by atoms with E-state index in [2.05, 4.69) is 0 Å². The average molecular weight is 206 g/mol. The SMILES string of the molecule is O=BO.O=BO.O=BO.[As]. The van der Waals surface area contributed by atoms with E-state index < -0.39 is 0 Å². The Kier molecular flexibility index (Phi) is 170. The Morgan fingerprint density at radius 2 is 0.700 bits per heavy atom. The largest absolute Gasteiger partial charge is 0 e. The van der Waals surface area contributed by atoms with Crippen LogP contribution >= 0.6 is 0 Å². The van der Waals surface area contributed by atoms with Crippen molar-refractivity contribution in [3.63, 3.8) is 0 Å². The molecule has 0 heterocycles. The van der Waals surface area contributed by atoms with Crippen molar-refractivity contribution < 1.29 is 29.2 Å². The van der Waals surface area contributed by atoms with Crippen LogP contribution in [0.15, 0.2) is 0 Å². The molecule has 0 fully saturated rings. The summed E-state index contributed by atoms with van der Waals surface area (Å²) in [5.74, 6) is 0. The van der Waals surface area contributed by atoms with Gasteiger partial charge in [0, 0.05) is 18.0 Å². The molecule has 10 heavy (non-hydrogen) atoms. The Labute approximate surface area is 69.8 Å². The second-order valence-corrected chi connectivity index (χ2v) is 0.316. The quantitative estimate of drug-likeness (QED) is 0.354. The third-order valence-corrected chi connectivity index (χ3v) is 0. The summed E-state index contributed by atoms with van der Waals surface area (Å²) in [7, 11) is -0.750. The van der Waals surface area contributed by atoms with E-state index in [9.17, 15) is 0 Å². The number of hydrogen-bond donors (Lipinski definition) is 3. The molecule has 0 rings (SSSR count). The second-order valence-electron chi connectivity index (χ2n) is 0.316. The molecule has 0 aliphatic carbocycles. The predicted octanol–water partition coefficient (Wildman–Crippen LogP) is -3.55. The zero-order valence-corrected chi connectivity index (χ0v) is 6.62. The van der Waals surface area contributed by atoms with Crippen LogP contribution in [-0.4, -0.2) is 55.1 Å². The van der Waals surface area contributed by atoms with Crippen molar-refractivity contribution in [2.45, 2.75) is 0 Å². The maximum absolute atomic E-state index is 8.36. The van der Waals surface area contributed by atoms with Crippen molar-refractivity contribution in [3.8, 4) is 0 Å². The molecular formula is H3AsB3O6. The van der Waals surface area contributed by atoms with Gasteiger partial charge in [-0.3, -0.25) is 0 Å². The summed E-state index contributed by atoms with van der Waals surface area (Å²) >= 11 is 0. The van der Waals surface area contributed by atoms with Crippen molar-refractivity contribution in [1.29, 1.82) is 0 Å². The van der Waals surface area contributed by atoms with E-state index >= 15 is 0 Å². The Bertz CT molecular complexity index is 49.7. The minimum atomic E-state index is -0.250. The predicted molar refractivity (Wildman–Crippen MR) is 31.7 cm³/mol. The summed E-state index contributed by atoms with van der Waals surface area (Å²) in [6.07, 6.45) is 0. The van der Waals surface area contributed by atoms with Crippen molar-refractivity contribution in [2.24, 2.45) is 0 Å². The molecular weight excluding hydrogens is 203 g/mol. The molecule has 0 amide bonds. The molecule has 3 N–H and O–H groups in total. The minimum absolute atomic E-state index is 0. The second kappa shape index (κ2) is 74.9. The van der Waals surface area contributed by atoms with Gasteiger partial charge in [0.05, 0.1) is 0 Å². The molecule has 0 aliphatic heterocycles. The Hall–Kier alpha value is -0.447. The van der Waals surface area contributed by atoms with Crippen molar-refractivity contribution in [2.75, 3.05) is 0 Å². The molecule has 0 atom stereocenters. The van der Waals surface area contributed by atoms with E-state index in [0.717, 1.165) is 0 Å². The fraction of sp³-hybridized carbons (Fsp3) is 0. The minimum Gasteiger partial charge on any atom is 0 e. The molecule has 0 aromatic carbocycles. The van der Waals surface area contributed by atoms with E-state index in [-0.39, 0.29) is 40.0 Å². The van der Waals surface area contributed by atoms with Gasteiger partial charge in [0.2, 0.25) is 0 Å². The summed E-state index contributed by atoms with van der Waals surface area (Å²) in [4.78, 5) is 0. The summed E-state index contributed by atoms with van der Waals surface area (Å²) in [5.41, 5.74) is 0. The van der Waals surface area contributed by atoms with Crippen LogP contribution in [0.1, 0.15) is 0 Å². The van der Waals surface area contributed by atoms with E-state index in [0.29, 0.717) is 0 Å². The first kappa shape index (κ1) is 22.7. The monoisotopic (exact) mass is 207 g/mol. The molecule has 0 saturated heterocycles. The van der Waals surface area contributed by atoms with Crippen LogP contribution in [0.25, 0.3) is 0 Å². The molecule has 0 saturated carbocycles. The van der Waals surface area contributed by atoms with Gasteiger partial charge in [0.1, 0.15) is 0 Å². The van der Waals surface area contributed by atoms with Crippen LogP contribution in [-0.2, 0) is 14.1 Å². The van der Waals surface area contributed by atoms with E-state index in [1.165, 1.54) is 0 Å². The van der Waals surface area contributed by atoms with Crippen molar-refractivity contribution in [1.82, 2.24) is 0 Å². The summed E-state index contributed by atoms with van der Waals surface area (Å²) < 4.78 is 25.1. The van der Waals surface area contributed by atoms with Crippen LogP contribution in [0.4, 0.5) is 0 Å². The van der Waals surface area contributed by atoms with Gasteiger partial charge in [0.25, 0.3) is 0 Å². The van der Waals surface area contributed by atoms with Crippen molar-refractivity contribution in [3.05, 3.63) is 0 Å². The van der Waals surface area contributed by atoms with Gasteiger partial charge in [-0.05, 0) is 0 Å². The molecule has 0 spiro atoms. The standard InChI is InChI=1S/As.3BHO2/c;3*2-1-3/h;3*2H. The molecule has 0 bridgehead atoms. The third kappa shape index (κ3) is 1630. The van der Waals surface area contributed by atoms with E-state index in [1.54, 1.807) is 0 Å². The first-order valence-corrected chi connectivity index (χ1v) is 1.48. The van der Waals surface area contributed by atoms with E-state index in [4.69, 9.17) is 29.2 Å². The molecule has 6 nitrogen and oxygen atoms in total. The van der Waals surface area contributed by atoms with Gasteiger partial charge in [-0.25, -0.2) is 0 Å². The van der Waals surface area contributed by atoms with Gasteiger partial charge in [0.15, 0.2) is 0 Å². The molecule has 10 heteroatoms. The third-order valence-electron chi connectivity index (χ3n) is 0. The van der Waals surface area contributed by atoms with Gasteiger partial charge >= 0.3 is 51.2 Å². The first-order chi connectivity index (χ1) is 4.24. The van der Waals surface area contributed by atoms with Crippen LogP contribution in [0.5, 0.6) is 0 Å². The zero-order chi connectivity index (χ0) is 8.12.